The summed E-state index contributed by atoms with van der Waals surface area (Å²) in [7, 11) is 0. The van der Waals surface area contributed by atoms with Gasteiger partial charge < -0.3 is 9.47 Å². The van der Waals surface area contributed by atoms with Crippen molar-refractivity contribution in [2.45, 2.75) is 26.2 Å². The highest BCUT2D eigenvalue weighted by atomic mass is 32.1. The molecule has 1 aromatic carbocycles. The lowest BCUT2D eigenvalue weighted by Gasteiger charge is -2.07. The van der Waals surface area contributed by atoms with Gasteiger partial charge in [-0.15, -0.1) is 0 Å². The smallest absolute Gasteiger partial charge is 0.306 e. The molecule has 3 rings (SSSR count). The number of anilines is 1. The Morgan fingerprint density at radius 3 is 3.04 bits per heavy atom. The number of hydrogen-bond donors (Lipinski definition) is 1. The lowest BCUT2D eigenvalue weighted by atomic mass is 10.1. The largest absolute Gasteiger partial charge is 0.494 e. The Hall–Kier alpha value is -2.41. The van der Waals surface area contributed by atoms with E-state index in [9.17, 15) is 9.59 Å². The summed E-state index contributed by atoms with van der Waals surface area (Å²) >= 11 is 1.35. The molecule has 1 N–H and O–H groups in total. The zero-order valence-electron chi connectivity index (χ0n) is 14.0. The normalized spacial score (nSPS) is 16.1. The van der Waals surface area contributed by atoms with Crippen molar-refractivity contribution < 1.29 is 19.1 Å². The summed E-state index contributed by atoms with van der Waals surface area (Å²) in [6, 6.07) is 5.58. The first-order valence-electron chi connectivity index (χ1n) is 8.29. The minimum atomic E-state index is -0.389. The summed E-state index contributed by atoms with van der Waals surface area (Å²) in [5.74, 6) is 0.266. The minimum Gasteiger partial charge on any atom is -0.494 e. The second-order valence-corrected chi connectivity index (χ2v) is 6.79. The van der Waals surface area contributed by atoms with Gasteiger partial charge in [-0.25, -0.2) is 4.98 Å². The molecule has 7 heteroatoms. The number of nitrogens with zero attached hydrogens (tertiary/aromatic N) is 1. The van der Waals surface area contributed by atoms with E-state index in [0.717, 1.165) is 28.8 Å². The summed E-state index contributed by atoms with van der Waals surface area (Å²) in [6.45, 7) is 2.22. The molecule has 0 spiro atoms. The number of rotatable bonds is 7. The van der Waals surface area contributed by atoms with E-state index >= 15 is 0 Å². The van der Waals surface area contributed by atoms with Crippen molar-refractivity contribution in [3.05, 3.63) is 30.4 Å². The summed E-state index contributed by atoms with van der Waals surface area (Å²) in [5.41, 5.74) is 0.786. The third-order valence-electron chi connectivity index (χ3n) is 3.82. The zero-order chi connectivity index (χ0) is 17.6. The Kier molecular flexibility index (Phi) is 5.65. The first-order chi connectivity index (χ1) is 12.1. The topological polar surface area (TPSA) is 77.5 Å². The van der Waals surface area contributed by atoms with E-state index in [1.54, 1.807) is 0 Å². The van der Waals surface area contributed by atoms with Crippen LogP contribution in [0.4, 0.5) is 5.13 Å². The quantitative estimate of drug-likeness (QED) is 0.604. The molecule has 0 saturated carbocycles. The molecule has 1 atom stereocenters. The van der Waals surface area contributed by atoms with Crippen LogP contribution < -0.4 is 10.1 Å². The Morgan fingerprint density at radius 1 is 1.40 bits per heavy atom. The van der Waals surface area contributed by atoms with Crippen LogP contribution in [0.5, 0.6) is 5.75 Å². The molecule has 2 aromatic rings. The number of nitrogens with one attached hydrogen (secondary N) is 1. The fourth-order valence-electron chi connectivity index (χ4n) is 2.65. The second kappa shape index (κ2) is 8.11. The highest BCUT2D eigenvalue weighted by molar-refractivity contribution is 7.22. The van der Waals surface area contributed by atoms with Gasteiger partial charge >= 0.3 is 5.97 Å². The van der Waals surface area contributed by atoms with Crippen LogP contribution in [0.15, 0.2) is 30.4 Å². The molecule has 1 heterocycles. The van der Waals surface area contributed by atoms with Gasteiger partial charge in [-0.05, 0) is 43.9 Å². The number of esters is 1. The summed E-state index contributed by atoms with van der Waals surface area (Å²) in [4.78, 5) is 28.0. The fraction of sp³-hybridized carbons (Fsp3) is 0.389. The molecular weight excluding hydrogens is 340 g/mol. The number of hydrogen-bond acceptors (Lipinski definition) is 6. The van der Waals surface area contributed by atoms with E-state index in [0.29, 0.717) is 18.2 Å². The number of thiazole rings is 1. The van der Waals surface area contributed by atoms with Gasteiger partial charge in [0.25, 0.3) is 5.91 Å². The maximum Gasteiger partial charge on any atom is 0.306 e. The van der Waals surface area contributed by atoms with Crippen LogP contribution in [-0.2, 0) is 14.3 Å². The summed E-state index contributed by atoms with van der Waals surface area (Å²) < 4.78 is 11.4. The van der Waals surface area contributed by atoms with Crippen LogP contribution in [0.25, 0.3) is 10.2 Å². The van der Waals surface area contributed by atoms with E-state index in [-0.39, 0.29) is 24.4 Å². The van der Waals surface area contributed by atoms with Crippen LogP contribution in [0.1, 0.15) is 26.2 Å². The molecule has 0 unspecified atom stereocenters. The minimum absolute atomic E-state index is 0.236. The Labute approximate surface area is 149 Å². The standard InChI is InChI=1S/C18H20N2O4S/c1-2-23-13-7-8-14-15(10-13)25-18(19-14)20-16(21)11-24-17(22)9-12-5-3-4-6-12/h3,5,7-8,10,12H,2,4,6,9,11H2,1H3,(H,19,20,21)/t12-/m1/s1. The molecule has 132 valence electrons. The predicted molar refractivity (Wildman–Crippen MR) is 96.9 cm³/mol. The number of carbonyl (C=O) groups is 2. The molecule has 6 nitrogen and oxygen atoms in total. The summed E-state index contributed by atoms with van der Waals surface area (Å²) in [6.07, 6.45) is 6.39. The SMILES string of the molecule is CCOc1ccc2nc(NC(=O)COC(=O)C[C@@H]3C=CCC3)sc2c1. The van der Waals surface area contributed by atoms with Gasteiger partial charge in [0.2, 0.25) is 0 Å². The Bertz CT molecular complexity index is 799. The molecule has 1 amide bonds. The second-order valence-electron chi connectivity index (χ2n) is 5.76. The molecule has 0 saturated heterocycles. The zero-order valence-corrected chi connectivity index (χ0v) is 14.8. The molecule has 0 bridgehead atoms. The van der Waals surface area contributed by atoms with Crippen LogP contribution in [0.2, 0.25) is 0 Å². The number of fused-ring (bicyclic) bond motifs is 1. The van der Waals surface area contributed by atoms with Crippen LogP contribution >= 0.6 is 11.3 Å². The maximum atomic E-state index is 11.9. The van der Waals surface area contributed by atoms with Crippen molar-refractivity contribution in [1.29, 1.82) is 0 Å². The first kappa shape index (κ1) is 17.4. The molecule has 25 heavy (non-hydrogen) atoms. The summed E-state index contributed by atoms with van der Waals surface area (Å²) in [5, 5.41) is 3.14. The Balaban J connectivity index is 1.51. The monoisotopic (exact) mass is 360 g/mol. The van der Waals surface area contributed by atoms with Gasteiger partial charge in [-0.1, -0.05) is 23.5 Å². The van der Waals surface area contributed by atoms with Gasteiger partial charge in [0.05, 0.1) is 23.2 Å². The number of ether oxygens (including phenoxy) is 2. The number of amides is 1. The number of allylic oxidation sites excluding steroid dienone is 2. The van der Waals surface area contributed by atoms with Gasteiger partial charge in [0.15, 0.2) is 11.7 Å². The molecule has 0 fully saturated rings. The number of carbonyl (C=O) groups excluding carboxylic acids is 2. The molecule has 0 radical (unpaired) electrons. The third-order valence-corrected chi connectivity index (χ3v) is 4.76. The van der Waals surface area contributed by atoms with E-state index in [4.69, 9.17) is 9.47 Å². The van der Waals surface area contributed by atoms with E-state index in [1.165, 1.54) is 11.3 Å². The molecule has 1 aliphatic carbocycles. The lowest BCUT2D eigenvalue weighted by Crippen LogP contribution is -2.21. The lowest BCUT2D eigenvalue weighted by molar-refractivity contribution is -0.147. The maximum absolute atomic E-state index is 11.9. The van der Waals surface area contributed by atoms with Crippen molar-refractivity contribution in [2.24, 2.45) is 5.92 Å². The highest BCUT2D eigenvalue weighted by Gasteiger charge is 2.16. The molecule has 0 aliphatic heterocycles. The van der Waals surface area contributed by atoms with Crippen molar-refractivity contribution in [3.63, 3.8) is 0 Å². The van der Waals surface area contributed by atoms with Crippen LogP contribution in [0, 0.1) is 5.92 Å². The molecule has 1 aromatic heterocycles. The third kappa shape index (κ3) is 4.79. The average molecular weight is 360 g/mol. The number of aromatic nitrogens is 1. The average Bonchev–Trinajstić information content (AvgIpc) is 3.22. The van der Waals surface area contributed by atoms with Crippen molar-refractivity contribution >= 4 is 38.6 Å². The van der Waals surface area contributed by atoms with Gasteiger partial charge in [-0.3, -0.25) is 14.9 Å². The fourth-order valence-corrected chi connectivity index (χ4v) is 3.57. The number of benzene rings is 1. The van der Waals surface area contributed by atoms with Crippen LogP contribution in [-0.4, -0.2) is 30.1 Å². The van der Waals surface area contributed by atoms with Gasteiger partial charge in [-0.2, -0.15) is 0 Å². The van der Waals surface area contributed by atoms with Crippen LogP contribution in [0.3, 0.4) is 0 Å². The van der Waals surface area contributed by atoms with Crippen molar-refractivity contribution in [1.82, 2.24) is 4.98 Å². The predicted octanol–water partition coefficient (Wildman–Crippen LogP) is 3.53. The van der Waals surface area contributed by atoms with E-state index in [1.807, 2.05) is 31.2 Å². The Morgan fingerprint density at radius 2 is 2.28 bits per heavy atom. The van der Waals surface area contributed by atoms with E-state index < -0.39 is 0 Å². The van der Waals surface area contributed by atoms with Crippen molar-refractivity contribution in [2.75, 3.05) is 18.5 Å². The molecular formula is C18H20N2O4S. The molecule has 1 aliphatic rings. The van der Waals surface area contributed by atoms with Gasteiger partial charge in [0.1, 0.15) is 5.75 Å². The van der Waals surface area contributed by atoms with Gasteiger partial charge in [0, 0.05) is 0 Å². The van der Waals surface area contributed by atoms with E-state index in [2.05, 4.69) is 16.4 Å². The first-order valence-corrected chi connectivity index (χ1v) is 9.11. The highest BCUT2D eigenvalue weighted by Crippen LogP contribution is 2.29. The van der Waals surface area contributed by atoms with Crippen molar-refractivity contribution in [3.8, 4) is 5.75 Å².